The Balaban J connectivity index is 1.84. The number of rotatable bonds is 11. The summed E-state index contributed by atoms with van der Waals surface area (Å²) in [7, 11) is 0. The van der Waals surface area contributed by atoms with Gasteiger partial charge in [-0.15, -0.1) is 0 Å². The van der Waals surface area contributed by atoms with Gasteiger partial charge < -0.3 is 9.47 Å². The summed E-state index contributed by atoms with van der Waals surface area (Å²) in [5.41, 5.74) is 7.17. The van der Waals surface area contributed by atoms with Crippen LogP contribution in [-0.2, 0) is 14.9 Å². The average Bonchev–Trinajstić information content (AvgIpc) is 3.08. The predicted octanol–water partition coefficient (Wildman–Crippen LogP) is 9.51. The Morgan fingerprint density at radius 3 is 2.15 bits per heavy atom. The van der Waals surface area contributed by atoms with Crippen LogP contribution in [0.2, 0.25) is 0 Å². The average molecular weight is 578 g/mol. The molecule has 4 heteroatoms. The Morgan fingerprint density at radius 2 is 1.52 bits per heavy atom. The Labute approximate surface area is 217 Å². The van der Waals surface area contributed by atoms with Gasteiger partial charge in [0.15, 0.2) is 0 Å². The fraction of sp³-hybridized carbons (Fsp3) is 0.586. The SMILES string of the molecule is CCCCCCC1(CCCCCC)c2cc(Br)ccc2-c2c(C3COCCO3)cc(Br)cc21. The lowest BCUT2D eigenvalue weighted by molar-refractivity contribution is -0.0899. The number of benzene rings is 2. The van der Waals surface area contributed by atoms with Gasteiger partial charge in [0.25, 0.3) is 0 Å². The molecule has 0 saturated carbocycles. The predicted molar refractivity (Wildman–Crippen MR) is 145 cm³/mol. The van der Waals surface area contributed by atoms with E-state index in [0.717, 1.165) is 4.47 Å². The van der Waals surface area contributed by atoms with E-state index in [-0.39, 0.29) is 11.5 Å². The molecule has 1 aliphatic heterocycles. The molecule has 33 heavy (non-hydrogen) atoms. The van der Waals surface area contributed by atoms with E-state index in [4.69, 9.17) is 9.47 Å². The molecule has 1 heterocycles. The molecule has 0 amide bonds. The number of hydrogen-bond acceptors (Lipinski definition) is 2. The minimum Gasteiger partial charge on any atom is -0.376 e. The van der Waals surface area contributed by atoms with E-state index in [2.05, 4.69) is 76.0 Å². The summed E-state index contributed by atoms with van der Waals surface area (Å²) in [6.45, 7) is 6.59. The van der Waals surface area contributed by atoms with Gasteiger partial charge in [0.1, 0.15) is 6.10 Å². The van der Waals surface area contributed by atoms with Crippen molar-refractivity contribution in [3.63, 3.8) is 0 Å². The Bertz CT molecular complexity index is 921. The van der Waals surface area contributed by atoms with Crippen LogP contribution in [0.4, 0.5) is 0 Å². The minimum atomic E-state index is -0.00233. The van der Waals surface area contributed by atoms with E-state index < -0.39 is 0 Å². The Kier molecular flexibility index (Phi) is 9.12. The van der Waals surface area contributed by atoms with E-state index >= 15 is 0 Å². The third-order valence-corrected chi connectivity index (χ3v) is 8.44. The first-order valence-electron chi connectivity index (χ1n) is 12.9. The molecular formula is C29H38Br2O2. The van der Waals surface area contributed by atoms with Crippen molar-refractivity contribution in [3.8, 4) is 11.1 Å². The topological polar surface area (TPSA) is 18.5 Å². The maximum Gasteiger partial charge on any atom is 0.107 e. The van der Waals surface area contributed by atoms with Gasteiger partial charge in [-0.2, -0.15) is 0 Å². The van der Waals surface area contributed by atoms with Crippen LogP contribution in [0.15, 0.2) is 39.3 Å². The molecule has 0 bridgehead atoms. The highest BCUT2D eigenvalue weighted by Crippen LogP contribution is 2.57. The first-order chi connectivity index (χ1) is 16.1. The molecule has 2 aromatic carbocycles. The van der Waals surface area contributed by atoms with Gasteiger partial charge in [-0.25, -0.2) is 0 Å². The monoisotopic (exact) mass is 576 g/mol. The zero-order valence-corrected chi connectivity index (χ0v) is 23.4. The van der Waals surface area contributed by atoms with Crippen LogP contribution in [0.25, 0.3) is 11.1 Å². The smallest absolute Gasteiger partial charge is 0.107 e. The fourth-order valence-electron chi connectivity index (χ4n) is 5.87. The van der Waals surface area contributed by atoms with Crippen LogP contribution in [0.5, 0.6) is 0 Å². The first-order valence-corrected chi connectivity index (χ1v) is 14.5. The van der Waals surface area contributed by atoms with E-state index in [1.807, 2.05) is 0 Å². The number of halogens is 2. The van der Waals surface area contributed by atoms with E-state index in [9.17, 15) is 0 Å². The molecule has 1 saturated heterocycles. The summed E-state index contributed by atoms with van der Waals surface area (Å²) in [5.74, 6) is 0. The highest BCUT2D eigenvalue weighted by molar-refractivity contribution is 9.10. The lowest BCUT2D eigenvalue weighted by atomic mass is 9.70. The maximum absolute atomic E-state index is 6.22. The molecule has 4 rings (SSSR count). The largest absolute Gasteiger partial charge is 0.376 e. The summed E-state index contributed by atoms with van der Waals surface area (Å²) in [5, 5.41) is 0. The lowest BCUT2D eigenvalue weighted by Gasteiger charge is -2.34. The van der Waals surface area contributed by atoms with Crippen molar-refractivity contribution in [3.05, 3.63) is 56.0 Å². The fourth-order valence-corrected chi connectivity index (χ4v) is 6.71. The highest BCUT2D eigenvalue weighted by atomic mass is 79.9. The summed E-state index contributed by atoms with van der Waals surface area (Å²) in [6, 6.07) is 11.6. The summed E-state index contributed by atoms with van der Waals surface area (Å²) < 4.78 is 14.4. The van der Waals surface area contributed by atoms with Gasteiger partial charge in [-0.1, -0.05) is 103 Å². The molecular weight excluding hydrogens is 540 g/mol. The maximum atomic E-state index is 6.22. The van der Waals surface area contributed by atoms with E-state index in [1.165, 1.54) is 96.5 Å². The van der Waals surface area contributed by atoms with Gasteiger partial charge in [0, 0.05) is 14.4 Å². The van der Waals surface area contributed by atoms with E-state index in [1.54, 1.807) is 0 Å². The Morgan fingerprint density at radius 1 is 0.818 bits per heavy atom. The number of ether oxygens (including phenoxy) is 2. The number of unbranched alkanes of at least 4 members (excludes halogenated alkanes) is 6. The third kappa shape index (κ3) is 5.44. The minimum absolute atomic E-state index is 0.00233. The van der Waals surface area contributed by atoms with Crippen molar-refractivity contribution in [2.75, 3.05) is 19.8 Å². The van der Waals surface area contributed by atoms with Gasteiger partial charge in [0.05, 0.1) is 19.8 Å². The van der Waals surface area contributed by atoms with Crippen LogP contribution >= 0.6 is 31.9 Å². The molecule has 0 aromatic heterocycles. The second-order valence-corrected chi connectivity index (χ2v) is 11.6. The van der Waals surface area contributed by atoms with Crippen LogP contribution < -0.4 is 0 Å². The summed E-state index contributed by atoms with van der Waals surface area (Å²) in [6.07, 6.45) is 12.8. The Hall–Kier alpha value is -0.680. The summed E-state index contributed by atoms with van der Waals surface area (Å²) >= 11 is 7.68. The van der Waals surface area contributed by atoms with Crippen LogP contribution in [0, 0.1) is 0 Å². The molecule has 1 unspecified atom stereocenters. The highest BCUT2D eigenvalue weighted by Gasteiger charge is 2.44. The quantitative estimate of drug-likeness (QED) is 0.247. The van der Waals surface area contributed by atoms with Crippen molar-refractivity contribution in [2.24, 2.45) is 0 Å². The molecule has 180 valence electrons. The van der Waals surface area contributed by atoms with Crippen molar-refractivity contribution in [1.82, 2.24) is 0 Å². The lowest BCUT2D eigenvalue weighted by Crippen LogP contribution is -2.26. The van der Waals surface area contributed by atoms with Crippen molar-refractivity contribution in [2.45, 2.75) is 89.6 Å². The zero-order chi connectivity index (χ0) is 23.3. The van der Waals surface area contributed by atoms with Crippen molar-refractivity contribution >= 4 is 31.9 Å². The molecule has 2 aliphatic rings. The third-order valence-electron chi connectivity index (χ3n) is 7.49. The molecule has 0 N–H and O–H groups in total. The van der Waals surface area contributed by atoms with E-state index in [0.29, 0.717) is 19.8 Å². The molecule has 0 spiro atoms. The summed E-state index contributed by atoms with van der Waals surface area (Å²) in [4.78, 5) is 0. The van der Waals surface area contributed by atoms with Crippen LogP contribution in [0.3, 0.4) is 0 Å². The molecule has 1 atom stereocenters. The first kappa shape index (κ1) is 25.4. The van der Waals surface area contributed by atoms with Gasteiger partial charge in [-0.05, 0) is 64.9 Å². The second-order valence-electron chi connectivity index (χ2n) is 9.75. The molecule has 1 fully saturated rings. The van der Waals surface area contributed by atoms with Gasteiger partial charge >= 0.3 is 0 Å². The molecule has 0 radical (unpaired) electrons. The number of fused-ring (bicyclic) bond motifs is 3. The van der Waals surface area contributed by atoms with Crippen molar-refractivity contribution < 1.29 is 9.47 Å². The molecule has 2 aromatic rings. The second kappa shape index (κ2) is 11.8. The van der Waals surface area contributed by atoms with Crippen LogP contribution in [-0.4, -0.2) is 19.8 Å². The molecule has 1 aliphatic carbocycles. The van der Waals surface area contributed by atoms with Crippen molar-refractivity contribution in [1.29, 1.82) is 0 Å². The van der Waals surface area contributed by atoms with Gasteiger partial charge in [-0.3, -0.25) is 0 Å². The standard InChI is InChI=1S/C29H38Br2O2/c1-3-5-7-9-13-29(14-10-8-6-4-2)25-18-21(30)11-12-23(25)28-24(17-22(31)19-26(28)29)27-20-32-15-16-33-27/h11-12,17-19,27H,3-10,13-16,20H2,1-2H3. The normalized spacial score (nSPS) is 18.8. The number of hydrogen-bond donors (Lipinski definition) is 0. The van der Waals surface area contributed by atoms with Gasteiger partial charge in [0.2, 0.25) is 0 Å². The van der Waals surface area contributed by atoms with Crippen LogP contribution in [0.1, 0.15) is 101 Å². The zero-order valence-electron chi connectivity index (χ0n) is 20.2. The molecule has 2 nitrogen and oxygen atoms in total.